The fourth-order valence-electron chi connectivity index (χ4n) is 1.08. The van der Waals surface area contributed by atoms with Crippen LogP contribution in [-0.2, 0) is 0 Å². The third-order valence-corrected chi connectivity index (χ3v) is 1.89. The molecule has 0 radical (unpaired) electrons. The summed E-state index contributed by atoms with van der Waals surface area (Å²) >= 11 is 0. The van der Waals surface area contributed by atoms with Gasteiger partial charge in [0.2, 0.25) is 0 Å². The third kappa shape index (κ3) is 7.85. The van der Waals surface area contributed by atoms with E-state index in [0.29, 0.717) is 0 Å². The number of likely N-dealkylation sites (tertiary alicyclic amines) is 1. The van der Waals surface area contributed by atoms with Crippen LogP contribution in [0.25, 0.3) is 0 Å². The van der Waals surface area contributed by atoms with Gasteiger partial charge in [-0.2, -0.15) is 0 Å². The van der Waals surface area contributed by atoms with E-state index in [4.69, 9.17) is 0 Å². The highest BCUT2D eigenvalue weighted by atomic mass is 19.5. The summed E-state index contributed by atoms with van der Waals surface area (Å²) in [6, 6.07) is 0.847. The number of nitrogens with zero attached hydrogens (tertiary/aromatic N) is 1. The molecule has 12 heavy (non-hydrogen) atoms. The van der Waals surface area contributed by atoms with Crippen LogP contribution in [-0.4, -0.2) is 31.8 Å². The lowest BCUT2D eigenvalue weighted by atomic mass is 10.3. The third-order valence-electron chi connectivity index (χ3n) is 1.89. The molecule has 1 saturated heterocycles. The van der Waals surface area contributed by atoms with Gasteiger partial charge < -0.3 is 22.2 Å². The Morgan fingerprint density at radius 1 is 1.25 bits per heavy atom. The molecule has 1 nitrogen and oxygen atoms in total. The number of halogens is 4. The highest BCUT2D eigenvalue weighted by Crippen LogP contribution is 2.12. The zero-order valence-corrected chi connectivity index (χ0v) is 7.24. The van der Waals surface area contributed by atoms with E-state index in [2.05, 4.69) is 18.9 Å². The van der Waals surface area contributed by atoms with Gasteiger partial charge in [-0.3, -0.25) is 0 Å². The molecule has 74 valence electrons. The molecule has 0 saturated carbocycles. The summed E-state index contributed by atoms with van der Waals surface area (Å²) in [6.07, 6.45) is 2.80. The standard InChI is InChI=1S/C6H13N.BF4/c1-6-4-3-5-7(6)2;2-1(3,4)5/h6H,3-5H2,1-2H3;/q;-1. The van der Waals surface area contributed by atoms with Crippen LogP contribution in [0, 0.1) is 0 Å². The van der Waals surface area contributed by atoms with E-state index in [1.807, 2.05) is 0 Å². The summed E-state index contributed by atoms with van der Waals surface area (Å²) in [4.78, 5) is 2.40. The molecule has 1 unspecified atom stereocenters. The lowest BCUT2D eigenvalue weighted by Crippen LogP contribution is -2.20. The van der Waals surface area contributed by atoms with Crippen molar-refractivity contribution in [1.82, 2.24) is 4.90 Å². The molecule has 0 aromatic heterocycles. The van der Waals surface area contributed by atoms with Crippen LogP contribution in [0.15, 0.2) is 0 Å². The number of rotatable bonds is 0. The summed E-state index contributed by atoms with van der Waals surface area (Å²) in [5, 5.41) is 0. The van der Waals surface area contributed by atoms with Crippen molar-refractivity contribution < 1.29 is 17.3 Å². The second-order valence-electron chi connectivity index (χ2n) is 2.97. The molecule has 0 aliphatic carbocycles. The molecule has 0 aromatic rings. The first-order valence-corrected chi connectivity index (χ1v) is 3.88. The normalized spacial score (nSPS) is 25.0. The summed E-state index contributed by atoms with van der Waals surface area (Å²) in [7, 11) is -3.81. The van der Waals surface area contributed by atoms with Crippen LogP contribution >= 0.6 is 0 Å². The largest absolute Gasteiger partial charge is 0.673 e. The quantitative estimate of drug-likeness (QED) is 0.414. The van der Waals surface area contributed by atoms with Crippen LogP contribution in [0.5, 0.6) is 0 Å². The highest BCUT2D eigenvalue weighted by Gasteiger charge is 2.20. The van der Waals surface area contributed by atoms with Crippen molar-refractivity contribution >= 4 is 7.25 Å². The maximum Gasteiger partial charge on any atom is 0.673 e. The predicted octanol–water partition coefficient (Wildman–Crippen LogP) is 2.40. The Morgan fingerprint density at radius 3 is 1.75 bits per heavy atom. The molecule has 6 heteroatoms. The highest BCUT2D eigenvalue weighted by molar-refractivity contribution is 6.50. The minimum Gasteiger partial charge on any atom is -0.418 e. The molecule has 0 N–H and O–H groups in total. The molecule has 1 aliphatic rings. The van der Waals surface area contributed by atoms with Crippen LogP contribution in [0.4, 0.5) is 17.3 Å². The summed E-state index contributed by atoms with van der Waals surface area (Å²) in [5.41, 5.74) is 0. The van der Waals surface area contributed by atoms with Gasteiger partial charge in [-0.25, -0.2) is 0 Å². The van der Waals surface area contributed by atoms with Gasteiger partial charge in [0, 0.05) is 6.04 Å². The maximum atomic E-state index is 9.75. The van der Waals surface area contributed by atoms with Gasteiger partial charge in [0.25, 0.3) is 0 Å². The molecule has 1 aliphatic heterocycles. The SMILES string of the molecule is CC1CCCN1C.F[B-](F)(F)F. The molecular weight excluding hydrogens is 173 g/mol. The monoisotopic (exact) mass is 186 g/mol. The van der Waals surface area contributed by atoms with E-state index < -0.39 is 7.25 Å². The summed E-state index contributed by atoms with van der Waals surface area (Å²) in [6.45, 7) is 3.59. The summed E-state index contributed by atoms with van der Waals surface area (Å²) < 4.78 is 39.0. The van der Waals surface area contributed by atoms with Gasteiger partial charge >= 0.3 is 7.25 Å². The second kappa shape index (κ2) is 4.69. The lowest BCUT2D eigenvalue weighted by Gasteiger charge is -2.12. The smallest absolute Gasteiger partial charge is 0.418 e. The van der Waals surface area contributed by atoms with Gasteiger partial charge in [-0.05, 0) is 33.4 Å². The minimum absolute atomic E-state index is 0.847. The van der Waals surface area contributed by atoms with Crippen molar-refractivity contribution in [2.75, 3.05) is 13.6 Å². The van der Waals surface area contributed by atoms with Crippen molar-refractivity contribution in [3.63, 3.8) is 0 Å². The fourth-order valence-corrected chi connectivity index (χ4v) is 1.08. The van der Waals surface area contributed by atoms with Crippen LogP contribution in [0.3, 0.4) is 0 Å². The molecule has 1 heterocycles. The first kappa shape index (κ1) is 11.7. The van der Waals surface area contributed by atoms with Crippen LogP contribution < -0.4 is 0 Å². The van der Waals surface area contributed by atoms with E-state index in [0.717, 1.165) is 6.04 Å². The Hall–Kier alpha value is -0.255. The van der Waals surface area contributed by atoms with Gasteiger partial charge in [0.05, 0.1) is 0 Å². The van der Waals surface area contributed by atoms with Crippen molar-refractivity contribution in [3.05, 3.63) is 0 Å². The topological polar surface area (TPSA) is 3.24 Å². The van der Waals surface area contributed by atoms with Crippen molar-refractivity contribution in [1.29, 1.82) is 0 Å². The Kier molecular flexibility index (Phi) is 4.59. The van der Waals surface area contributed by atoms with E-state index in [9.17, 15) is 17.3 Å². The Labute approximate surface area is 69.8 Å². The lowest BCUT2D eigenvalue weighted by molar-refractivity contribution is 0.331. The Bertz CT molecular complexity index is 113. The maximum absolute atomic E-state index is 9.75. The molecule has 1 fully saturated rings. The Balaban J connectivity index is 0.000000217. The average Bonchev–Trinajstić information content (AvgIpc) is 2.12. The van der Waals surface area contributed by atoms with Gasteiger partial charge in [0.15, 0.2) is 0 Å². The van der Waals surface area contributed by atoms with Gasteiger partial charge in [-0.15, -0.1) is 0 Å². The van der Waals surface area contributed by atoms with Gasteiger partial charge in [0.1, 0.15) is 0 Å². The van der Waals surface area contributed by atoms with Crippen molar-refractivity contribution in [2.24, 2.45) is 0 Å². The van der Waals surface area contributed by atoms with Crippen LogP contribution in [0.2, 0.25) is 0 Å². The number of hydrogen-bond donors (Lipinski definition) is 0. The van der Waals surface area contributed by atoms with E-state index in [1.54, 1.807) is 0 Å². The van der Waals surface area contributed by atoms with E-state index in [1.165, 1.54) is 19.4 Å². The van der Waals surface area contributed by atoms with Crippen LogP contribution in [0.1, 0.15) is 19.8 Å². The molecule has 1 rings (SSSR count). The first-order chi connectivity index (χ1) is 5.30. The van der Waals surface area contributed by atoms with E-state index >= 15 is 0 Å². The van der Waals surface area contributed by atoms with E-state index in [-0.39, 0.29) is 0 Å². The fraction of sp³-hybridized carbons (Fsp3) is 1.00. The summed E-state index contributed by atoms with van der Waals surface area (Å²) in [5.74, 6) is 0. The molecule has 0 bridgehead atoms. The Morgan fingerprint density at radius 2 is 1.67 bits per heavy atom. The molecule has 1 atom stereocenters. The van der Waals surface area contributed by atoms with Crippen molar-refractivity contribution in [3.8, 4) is 0 Å². The molecule has 0 spiro atoms. The minimum atomic E-state index is -6.00. The van der Waals surface area contributed by atoms with Crippen molar-refractivity contribution in [2.45, 2.75) is 25.8 Å². The molecular formula is C6H13BF4N-. The zero-order valence-electron chi connectivity index (χ0n) is 7.24. The molecule has 0 aromatic carbocycles. The predicted molar refractivity (Wildman–Crippen MR) is 41.5 cm³/mol. The first-order valence-electron chi connectivity index (χ1n) is 3.88. The average molecular weight is 186 g/mol. The second-order valence-corrected chi connectivity index (χ2v) is 2.97. The number of hydrogen-bond acceptors (Lipinski definition) is 1. The molecule has 0 amide bonds. The van der Waals surface area contributed by atoms with Gasteiger partial charge in [-0.1, -0.05) is 0 Å². The zero-order chi connectivity index (χ0) is 9.78.